The van der Waals surface area contributed by atoms with Gasteiger partial charge in [0.15, 0.2) is 0 Å². The van der Waals surface area contributed by atoms with Gasteiger partial charge in [0.2, 0.25) is 0 Å². The average molecular weight is 268 g/mol. The lowest BCUT2D eigenvalue weighted by Gasteiger charge is -2.32. The van der Waals surface area contributed by atoms with Crippen LogP contribution in [-0.2, 0) is 16.4 Å². The van der Waals surface area contributed by atoms with E-state index >= 15 is 0 Å². The Bertz CT molecular complexity index is 487. The Hall–Kier alpha value is -1.58. The van der Waals surface area contributed by atoms with E-state index in [1.54, 1.807) is 0 Å². The molecule has 1 nitrogen and oxygen atoms in total. The van der Waals surface area contributed by atoms with E-state index in [0.29, 0.717) is 18.4 Å². The van der Waals surface area contributed by atoms with Crippen LogP contribution in [0.4, 0.5) is 13.2 Å². The van der Waals surface area contributed by atoms with Crippen molar-refractivity contribution in [2.75, 3.05) is 0 Å². The van der Waals surface area contributed by atoms with Gasteiger partial charge in [-0.3, -0.25) is 0 Å². The highest BCUT2D eigenvalue weighted by atomic mass is 19.4. The van der Waals surface area contributed by atoms with Crippen molar-refractivity contribution >= 4 is 6.29 Å². The van der Waals surface area contributed by atoms with E-state index in [-0.39, 0.29) is 5.92 Å². The quantitative estimate of drug-likeness (QED) is 0.582. The van der Waals surface area contributed by atoms with Crippen molar-refractivity contribution in [3.8, 4) is 0 Å². The summed E-state index contributed by atoms with van der Waals surface area (Å²) in [5, 5.41) is 0. The number of carbonyl (C=O) groups is 1. The van der Waals surface area contributed by atoms with E-state index in [2.05, 4.69) is 0 Å². The van der Waals surface area contributed by atoms with E-state index < -0.39 is 17.2 Å². The first-order valence-corrected chi connectivity index (χ1v) is 6.18. The summed E-state index contributed by atoms with van der Waals surface area (Å²) in [7, 11) is 0. The highest BCUT2D eigenvalue weighted by molar-refractivity contribution is 5.69. The number of rotatable bonds is 2. The van der Waals surface area contributed by atoms with E-state index in [9.17, 15) is 18.0 Å². The monoisotopic (exact) mass is 268 g/mol. The van der Waals surface area contributed by atoms with Crippen molar-refractivity contribution in [2.24, 2.45) is 5.92 Å². The molecule has 1 aromatic carbocycles. The molecular formula is C15H15F3O. The van der Waals surface area contributed by atoms with Crippen LogP contribution >= 0.6 is 0 Å². The largest absolute Gasteiger partial charge is 0.416 e. The van der Waals surface area contributed by atoms with Gasteiger partial charge in [-0.25, -0.2) is 0 Å². The first kappa shape index (κ1) is 13.8. The molecule has 0 radical (unpaired) electrons. The molecule has 2 atom stereocenters. The summed E-state index contributed by atoms with van der Waals surface area (Å²) in [6, 6.07) is 4.93. The summed E-state index contributed by atoms with van der Waals surface area (Å²) in [6.07, 6.45) is 1.68. The first-order chi connectivity index (χ1) is 8.87. The van der Waals surface area contributed by atoms with Gasteiger partial charge in [0.25, 0.3) is 0 Å². The molecule has 0 bridgehead atoms. The van der Waals surface area contributed by atoms with Gasteiger partial charge in [-0.05, 0) is 36.5 Å². The standard InChI is InChI=1S/C15H15F3O/c1-11-3-2-8-14(9-11,10-19)12-4-6-13(7-5-12)15(16,17)18/h2-7,10-11H,8-9H2,1H3/t11-,14+/m1/s1. The van der Waals surface area contributed by atoms with Crippen LogP contribution in [0, 0.1) is 5.92 Å². The Balaban J connectivity index is 2.35. The Morgan fingerprint density at radius 3 is 2.37 bits per heavy atom. The van der Waals surface area contributed by atoms with Gasteiger partial charge >= 0.3 is 6.18 Å². The lowest BCUT2D eigenvalue weighted by Crippen LogP contribution is -2.31. The number of hydrogen-bond donors (Lipinski definition) is 0. The van der Waals surface area contributed by atoms with Crippen LogP contribution in [0.1, 0.15) is 30.9 Å². The van der Waals surface area contributed by atoms with Crippen molar-refractivity contribution in [3.63, 3.8) is 0 Å². The third-order valence-corrected chi connectivity index (χ3v) is 3.65. The molecule has 0 saturated carbocycles. The second kappa shape index (κ2) is 4.83. The maximum absolute atomic E-state index is 12.5. The van der Waals surface area contributed by atoms with Crippen LogP contribution in [0.3, 0.4) is 0 Å². The van der Waals surface area contributed by atoms with Crippen molar-refractivity contribution in [1.82, 2.24) is 0 Å². The zero-order valence-electron chi connectivity index (χ0n) is 10.6. The normalized spacial score (nSPS) is 27.3. The Kier molecular flexibility index (Phi) is 3.52. The molecular weight excluding hydrogens is 253 g/mol. The fourth-order valence-electron chi connectivity index (χ4n) is 2.63. The molecule has 0 fully saturated rings. The number of carbonyl (C=O) groups excluding carboxylic acids is 1. The van der Waals surface area contributed by atoms with Gasteiger partial charge in [-0.2, -0.15) is 13.2 Å². The van der Waals surface area contributed by atoms with Gasteiger partial charge in [-0.1, -0.05) is 31.2 Å². The third-order valence-electron chi connectivity index (χ3n) is 3.65. The molecule has 4 heteroatoms. The molecule has 1 aromatic rings. The number of hydrogen-bond acceptors (Lipinski definition) is 1. The third kappa shape index (κ3) is 2.72. The minimum absolute atomic E-state index is 0.251. The Labute approximate surface area is 110 Å². The van der Waals surface area contributed by atoms with Crippen molar-refractivity contribution in [1.29, 1.82) is 0 Å². The second-order valence-electron chi connectivity index (χ2n) is 5.16. The van der Waals surface area contributed by atoms with Crippen molar-refractivity contribution in [3.05, 3.63) is 47.5 Å². The minimum atomic E-state index is -4.34. The maximum Gasteiger partial charge on any atom is 0.416 e. The Morgan fingerprint density at radius 1 is 1.26 bits per heavy atom. The van der Waals surface area contributed by atoms with E-state index in [0.717, 1.165) is 18.4 Å². The number of halogens is 3. The SMILES string of the molecule is C[C@@H]1C=CC[C@](C=O)(c2ccc(C(F)(F)F)cc2)C1. The summed E-state index contributed by atoms with van der Waals surface area (Å²) in [5.74, 6) is 0.251. The number of alkyl halides is 3. The highest BCUT2D eigenvalue weighted by Gasteiger charge is 2.36. The first-order valence-electron chi connectivity index (χ1n) is 6.18. The van der Waals surface area contributed by atoms with Crippen LogP contribution in [-0.4, -0.2) is 6.29 Å². The minimum Gasteiger partial charge on any atom is -0.302 e. The summed E-state index contributed by atoms with van der Waals surface area (Å²) in [5.41, 5.74) is -0.707. The summed E-state index contributed by atoms with van der Waals surface area (Å²) in [4.78, 5) is 11.5. The van der Waals surface area contributed by atoms with Crippen LogP contribution < -0.4 is 0 Å². The van der Waals surface area contributed by atoms with Crippen LogP contribution in [0.5, 0.6) is 0 Å². The van der Waals surface area contributed by atoms with Crippen LogP contribution in [0.25, 0.3) is 0 Å². The number of aldehydes is 1. The average Bonchev–Trinajstić information content (AvgIpc) is 2.38. The molecule has 0 spiro atoms. The molecule has 0 saturated heterocycles. The maximum atomic E-state index is 12.5. The molecule has 0 N–H and O–H groups in total. The van der Waals surface area contributed by atoms with Crippen LogP contribution in [0.15, 0.2) is 36.4 Å². The highest BCUT2D eigenvalue weighted by Crippen LogP contribution is 2.38. The predicted molar refractivity (Wildman–Crippen MR) is 66.7 cm³/mol. The fraction of sp³-hybridized carbons (Fsp3) is 0.400. The molecule has 0 amide bonds. The molecule has 0 heterocycles. The summed E-state index contributed by atoms with van der Waals surface area (Å²) < 4.78 is 37.6. The molecule has 2 rings (SSSR count). The molecule has 0 aliphatic heterocycles. The summed E-state index contributed by atoms with van der Waals surface area (Å²) in [6.45, 7) is 2.00. The van der Waals surface area contributed by atoms with Gasteiger partial charge < -0.3 is 4.79 Å². The molecule has 102 valence electrons. The van der Waals surface area contributed by atoms with Gasteiger partial charge in [0.05, 0.1) is 11.0 Å². The number of benzene rings is 1. The molecule has 1 aliphatic rings. The van der Waals surface area contributed by atoms with Crippen molar-refractivity contribution in [2.45, 2.75) is 31.4 Å². The number of allylic oxidation sites excluding steroid dienone is 2. The lowest BCUT2D eigenvalue weighted by molar-refractivity contribution is -0.137. The van der Waals surface area contributed by atoms with E-state index in [1.165, 1.54) is 12.1 Å². The smallest absolute Gasteiger partial charge is 0.302 e. The molecule has 0 unspecified atom stereocenters. The fourth-order valence-corrected chi connectivity index (χ4v) is 2.63. The van der Waals surface area contributed by atoms with E-state index in [4.69, 9.17) is 0 Å². The van der Waals surface area contributed by atoms with E-state index in [1.807, 2.05) is 19.1 Å². The molecule has 1 aliphatic carbocycles. The van der Waals surface area contributed by atoms with Crippen molar-refractivity contribution < 1.29 is 18.0 Å². The second-order valence-corrected chi connectivity index (χ2v) is 5.16. The summed E-state index contributed by atoms with van der Waals surface area (Å²) >= 11 is 0. The molecule has 19 heavy (non-hydrogen) atoms. The zero-order valence-corrected chi connectivity index (χ0v) is 10.6. The zero-order chi connectivity index (χ0) is 14.1. The molecule has 0 aromatic heterocycles. The Morgan fingerprint density at radius 2 is 1.89 bits per heavy atom. The van der Waals surface area contributed by atoms with Gasteiger partial charge in [0.1, 0.15) is 6.29 Å². The lowest BCUT2D eigenvalue weighted by atomic mass is 9.70. The predicted octanol–water partition coefficient (Wildman–Crippen LogP) is 4.13. The topological polar surface area (TPSA) is 17.1 Å². The van der Waals surface area contributed by atoms with Gasteiger partial charge in [-0.15, -0.1) is 0 Å². The van der Waals surface area contributed by atoms with Crippen LogP contribution in [0.2, 0.25) is 0 Å². The van der Waals surface area contributed by atoms with Gasteiger partial charge in [0, 0.05) is 0 Å².